The second kappa shape index (κ2) is 3.90. The zero-order valence-corrected chi connectivity index (χ0v) is 8.96. The molecule has 14 heavy (non-hydrogen) atoms. The van der Waals surface area contributed by atoms with Crippen molar-refractivity contribution in [2.45, 2.75) is 51.0 Å². The Labute approximate surface area is 86.2 Å². The van der Waals surface area contributed by atoms with E-state index in [0.717, 1.165) is 19.3 Å². The van der Waals surface area contributed by atoms with Crippen LogP contribution in [0, 0.1) is 22.7 Å². The summed E-state index contributed by atoms with van der Waals surface area (Å²) >= 11 is 0. The molecule has 2 rings (SSSR count). The molecule has 0 amide bonds. The highest BCUT2D eigenvalue weighted by Crippen LogP contribution is 2.50. The Morgan fingerprint density at radius 2 is 1.93 bits per heavy atom. The van der Waals surface area contributed by atoms with E-state index in [9.17, 15) is 5.26 Å². The summed E-state index contributed by atoms with van der Waals surface area (Å²) in [4.78, 5) is 0. The minimum atomic E-state index is -0.0306. The fraction of sp³-hybridized carbons (Fsp3) is 0.917. The van der Waals surface area contributed by atoms with Gasteiger partial charge in [0.1, 0.15) is 0 Å². The molecule has 0 saturated heterocycles. The predicted molar refractivity (Wildman–Crippen MR) is 54.7 cm³/mol. The summed E-state index contributed by atoms with van der Waals surface area (Å²) in [7, 11) is 1.79. The number of rotatable bonds is 2. The van der Waals surface area contributed by atoms with Gasteiger partial charge in [-0.3, -0.25) is 0 Å². The van der Waals surface area contributed by atoms with E-state index in [2.05, 4.69) is 6.07 Å². The van der Waals surface area contributed by atoms with Gasteiger partial charge in [-0.05, 0) is 25.7 Å². The van der Waals surface area contributed by atoms with Crippen LogP contribution in [0.25, 0.3) is 0 Å². The molecule has 2 atom stereocenters. The van der Waals surface area contributed by atoms with E-state index in [1.165, 1.54) is 25.7 Å². The van der Waals surface area contributed by atoms with Gasteiger partial charge in [0.05, 0.1) is 17.6 Å². The second-order valence-electron chi connectivity index (χ2n) is 4.79. The molecular weight excluding hydrogens is 174 g/mol. The first-order valence-corrected chi connectivity index (χ1v) is 5.76. The van der Waals surface area contributed by atoms with Crippen LogP contribution in [0.15, 0.2) is 0 Å². The van der Waals surface area contributed by atoms with Crippen molar-refractivity contribution in [2.75, 3.05) is 7.11 Å². The molecule has 2 unspecified atom stereocenters. The van der Waals surface area contributed by atoms with Gasteiger partial charge in [-0.1, -0.05) is 19.3 Å². The molecule has 2 aliphatic carbocycles. The number of methoxy groups -OCH3 is 1. The molecule has 0 aromatic heterocycles. The summed E-state index contributed by atoms with van der Waals surface area (Å²) in [5.41, 5.74) is -0.0306. The summed E-state index contributed by atoms with van der Waals surface area (Å²) in [5.74, 6) is 0.514. The second-order valence-corrected chi connectivity index (χ2v) is 4.79. The standard InChI is InChI=1S/C12H19NO/c1-14-11-6-4-5-10(11)12(9-13)7-2-3-8-12/h10-11H,2-8H2,1H3. The fourth-order valence-corrected chi connectivity index (χ4v) is 3.41. The van der Waals surface area contributed by atoms with Gasteiger partial charge in [0.15, 0.2) is 0 Å². The van der Waals surface area contributed by atoms with Crippen molar-refractivity contribution >= 4 is 0 Å². The van der Waals surface area contributed by atoms with Crippen LogP contribution in [0.2, 0.25) is 0 Å². The lowest BCUT2D eigenvalue weighted by Crippen LogP contribution is -2.32. The third-order valence-electron chi connectivity index (χ3n) is 4.18. The smallest absolute Gasteiger partial charge is 0.0693 e. The maximum atomic E-state index is 9.38. The van der Waals surface area contributed by atoms with Gasteiger partial charge in [-0.2, -0.15) is 5.26 Å². The summed E-state index contributed by atoms with van der Waals surface area (Å²) in [6.45, 7) is 0. The molecule has 0 aromatic rings. The lowest BCUT2D eigenvalue weighted by atomic mass is 9.73. The highest BCUT2D eigenvalue weighted by molar-refractivity contribution is 5.08. The first kappa shape index (κ1) is 9.98. The number of hydrogen-bond donors (Lipinski definition) is 0. The molecule has 0 bridgehead atoms. The third-order valence-corrected chi connectivity index (χ3v) is 4.18. The molecule has 0 heterocycles. The van der Waals surface area contributed by atoms with Crippen molar-refractivity contribution in [2.24, 2.45) is 11.3 Å². The summed E-state index contributed by atoms with van der Waals surface area (Å²) in [6, 6.07) is 2.60. The summed E-state index contributed by atoms with van der Waals surface area (Å²) in [5, 5.41) is 9.38. The Balaban J connectivity index is 2.15. The normalized spacial score (nSPS) is 35.7. The van der Waals surface area contributed by atoms with Crippen LogP contribution < -0.4 is 0 Å². The topological polar surface area (TPSA) is 33.0 Å². The first-order chi connectivity index (χ1) is 6.82. The number of nitriles is 1. The zero-order valence-electron chi connectivity index (χ0n) is 8.96. The molecule has 0 spiro atoms. The highest BCUT2D eigenvalue weighted by Gasteiger charge is 2.47. The largest absolute Gasteiger partial charge is 0.381 e. The van der Waals surface area contributed by atoms with E-state index >= 15 is 0 Å². The van der Waals surface area contributed by atoms with Gasteiger partial charge in [-0.15, -0.1) is 0 Å². The Morgan fingerprint density at radius 1 is 1.21 bits per heavy atom. The number of hydrogen-bond acceptors (Lipinski definition) is 2. The maximum Gasteiger partial charge on any atom is 0.0693 e. The lowest BCUT2D eigenvalue weighted by Gasteiger charge is -2.31. The predicted octanol–water partition coefficient (Wildman–Crippen LogP) is 2.89. The van der Waals surface area contributed by atoms with Crippen LogP contribution in [-0.4, -0.2) is 13.2 Å². The van der Waals surface area contributed by atoms with Gasteiger partial charge in [0.25, 0.3) is 0 Å². The average Bonchev–Trinajstić information content (AvgIpc) is 2.86. The van der Waals surface area contributed by atoms with E-state index in [4.69, 9.17) is 4.74 Å². The lowest BCUT2D eigenvalue weighted by molar-refractivity contribution is 0.0290. The van der Waals surface area contributed by atoms with E-state index in [0.29, 0.717) is 12.0 Å². The Bertz CT molecular complexity index is 237. The number of nitrogens with zero attached hydrogens (tertiary/aromatic N) is 1. The van der Waals surface area contributed by atoms with Crippen LogP contribution in [0.1, 0.15) is 44.9 Å². The Morgan fingerprint density at radius 3 is 2.50 bits per heavy atom. The van der Waals surface area contributed by atoms with Crippen LogP contribution in [0.5, 0.6) is 0 Å². The molecule has 0 aliphatic heterocycles. The third kappa shape index (κ3) is 1.44. The van der Waals surface area contributed by atoms with Crippen molar-refractivity contribution in [1.82, 2.24) is 0 Å². The molecule has 0 N–H and O–H groups in total. The Kier molecular flexibility index (Phi) is 2.78. The van der Waals surface area contributed by atoms with Crippen LogP contribution in [0.4, 0.5) is 0 Å². The Hall–Kier alpha value is -0.550. The van der Waals surface area contributed by atoms with E-state index in [1.54, 1.807) is 7.11 Å². The zero-order chi connectivity index (χ0) is 10.0. The SMILES string of the molecule is COC1CCCC1C1(C#N)CCCC1. The molecule has 2 nitrogen and oxygen atoms in total. The van der Waals surface area contributed by atoms with E-state index < -0.39 is 0 Å². The molecule has 2 aliphatic rings. The van der Waals surface area contributed by atoms with Gasteiger partial charge >= 0.3 is 0 Å². The number of ether oxygens (including phenoxy) is 1. The van der Waals surface area contributed by atoms with E-state index in [1.807, 2.05) is 0 Å². The van der Waals surface area contributed by atoms with Crippen LogP contribution >= 0.6 is 0 Å². The molecule has 0 aromatic carbocycles. The monoisotopic (exact) mass is 193 g/mol. The van der Waals surface area contributed by atoms with Crippen molar-refractivity contribution in [3.8, 4) is 6.07 Å². The summed E-state index contributed by atoms with van der Waals surface area (Å²) in [6.07, 6.45) is 8.64. The van der Waals surface area contributed by atoms with Crippen LogP contribution in [0.3, 0.4) is 0 Å². The van der Waals surface area contributed by atoms with Gasteiger partial charge in [0.2, 0.25) is 0 Å². The minimum absolute atomic E-state index is 0.0306. The van der Waals surface area contributed by atoms with Crippen LogP contribution in [-0.2, 0) is 4.74 Å². The molecule has 2 fully saturated rings. The van der Waals surface area contributed by atoms with Gasteiger partial charge in [0, 0.05) is 13.0 Å². The van der Waals surface area contributed by atoms with E-state index in [-0.39, 0.29) is 5.41 Å². The molecular formula is C12H19NO. The molecule has 78 valence electrons. The van der Waals surface area contributed by atoms with Gasteiger partial charge < -0.3 is 4.74 Å². The van der Waals surface area contributed by atoms with Crippen molar-refractivity contribution < 1.29 is 4.74 Å². The first-order valence-electron chi connectivity index (χ1n) is 5.76. The molecule has 2 saturated carbocycles. The minimum Gasteiger partial charge on any atom is -0.381 e. The fourth-order valence-electron chi connectivity index (χ4n) is 3.41. The average molecular weight is 193 g/mol. The quantitative estimate of drug-likeness (QED) is 0.675. The molecule has 2 heteroatoms. The van der Waals surface area contributed by atoms with Crippen molar-refractivity contribution in [3.63, 3.8) is 0 Å². The van der Waals surface area contributed by atoms with Gasteiger partial charge in [-0.25, -0.2) is 0 Å². The van der Waals surface area contributed by atoms with Crippen molar-refractivity contribution in [3.05, 3.63) is 0 Å². The summed E-state index contributed by atoms with van der Waals surface area (Å²) < 4.78 is 5.51. The highest BCUT2D eigenvalue weighted by atomic mass is 16.5. The maximum absolute atomic E-state index is 9.38. The molecule has 0 radical (unpaired) electrons. The van der Waals surface area contributed by atoms with Crippen molar-refractivity contribution in [1.29, 1.82) is 5.26 Å².